The van der Waals surface area contributed by atoms with Crippen LogP contribution in [0, 0.1) is 5.92 Å². The van der Waals surface area contributed by atoms with Gasteiger partial charge in [0.25, 0.3) is 0 Å². The van der Waals surface area contributed by atoms with Crippen LogP contribution in [0.25, 0.3) is 0 Å². The first-order valence-corrected chi connectivity index (χ1v) is 4.98. The number of carboxylic acid groups (broad SMARTS) is 1. The number of carboxylic acids is 1. The van der Waals surface area contributed by atoms with Crippen molar-refractivity contribution in [3.8, 4) is 0 Å². The average Bonchev–Trinajstić information content (AvgIpc) is 2.17. The van der Waals surface area contributed by atoms with E-state index in [0.29, 0.717) is 5.56 Å². The summed E-state index contributed by atoms with van der Waals surface area (Å²) >= 11 is 0. The van der Waals surface area contributed by atoms with Crippen LogP contribution in [0.3, 0.4) is 0 Å². The Bertz CT molecular complexity index is 332. The Kier molecular flexibility index (Phi) is 3.48. The summed E-state index contributed by atoms with van der Waals surface area (Å²) in [7, 11) is 0. The molecule has 0 spiro atoms. The molecule has 0 amide bonds. The minimum Gasteiger partial charge on any atom is -0.479 e. The van der Waals surface area contributed by atoms with E-state index in [1.807, 2.05) is 13.8 Å². The fraction of sp³-hybridized carbons (Fsp3) is 0.417. The highest BCUT2D eigenvalue weighted by Crippen LogP contribution is 2.28. The monoisotopic (exact) mass is 208 g/mol. The number of benzene rings is 1. The second kappa shape index (κ2) is 4.45. The van der Waals surface area contributed by atoms with Crippen LogP contribution in [0.5, 0.6) is 0 Å². The van der Waals surface area contributed by atoms with Crippen LogP contribution >= 0.6 is 0 Å². The summed E-state index contributed by atoms with van der Waals surface area (Å²) in [5, 5.41) is 19.2. The highest BCUT2D eigenvalue weighted by molar-refractivity contribution is 5.79. The van der Waals surface area contributed by atoms with Crippen LogP contribution in [0.15, 0.2) is 30.3 Å². The molecule has 0 aliphatic rings. The highest BCUT2D eigenvalue weighted by atomic mass is 16.4. The van der Waals surface area contributed by atoms with E-state index in [-0.39, 0.29) is 12.3 Å². The molecule has 0 saturated heterocycles. The van der Waals surface area contributed by atoms with Crippen LogP contribution in [0.2, 0.25) is 0 Å². The van der Waals surface area contributed by atoms with Crippen LogP contribution in [-0.2, 0) is 10.4 Å². The number of aliphatic carboxylic acids is 1. The van der Waals surface area contributed by atoms with E-state index in [9.17, 15) is 9.90 Å². The topological polar surface area (TPSA) is 57.5 Å². The predicted molar refractivity (Wildman–Crippen MR) is 57.4 cm³/mol. The first-order valence-electron chi connectivity index (χ1n) is 4.98. The minimum absolute atomic E-state index is 0.117. The molecule has 0 aliphatic carbocycles. The van der Waals surface area contributed by atoms with E-state index in [1.54, 1.807) is 30.3 Å². The van der Waals surface area contributed by atoms with Crippen molar-refractivity contribution < 1.29 is 15.0 Å². The summed E-state index contributed by atoms with van der Waals surface area (Å²) in [5.74, 6) is -1.08. The van der Waals surface area contributed by atoms with Gasteiger partial charge in [-0.25, -0.2) is 4.79 Å². The molecule has 3 heteroatoms. The summed E-state index contributed by atoms with van der Waals surface area (Å²) in [6.07, 6.45) is 0.215. The first kappa shape index (κ1) is 11.7. The second-order valence-corrected chi connectivity index (χ2v) is 4.13. The van der Waals surface area contributed by atoms with E-state index in [4.69, 9.17) is 5.11 Å². The number of aliphatic hydroxyl groups is 1. The highest BCUT2D eigenvalue weighted by Gasteiger charge is 2.38. The lowest BCUT2D eigenvalue weighted by Gasteiger charge is -2.25. The van der Waals surface area contributed by atoms with Crippen LogP contribution in [0.4, 0.5) is 0 Å². The Morgan fingerprint density at radius 1 is 1.33 bits per heavy atom. The van der Waals surface area contributed by atoms with Crippen LogP contribution in [0.1, 0.15) is 25.8 Å². The van der Waals surface area contributed by atoms with E-state index >= 15 is 0 Å². The van der Waals surface area contributed by atoms with Crippen molar-refractivity contribution in [2.45, 2.75) is 25.9 Å². The number of rotatable bonds is 4. The molecule has 0 heterocycles. The molecule has 1 aromatic carbocycles. The zero-order valence-corrected chi connectivity index (χ0v) is 8.97. The summed E-state index contributed by atoms with van der Waals surface area (Å²) in [5.41, 5.74) is -1.33. The Morgan fingerprint density at radius 2 is 1.87 bits per heavy atom. The third-order valence-corrected chi connectivity index (χ3v) is 2.31. The lowest BCUT2D eigenvalue weighted by atomic mass is 9.86. The fourth-order valence-electron chi connectivity index (χ4n) is 1.63. The quantitative estimate of drug-likeness (QED) is 0.795. The van der Waals surface area contributed by atoms with Gasteiger partial charge in [0.1, 0.15) is 0 Å². The summed E-state index contributed by atoms with van der Waals surface area (Å²) in [6, 6.07) is 8.52. The number of carbonyl (C=O) groups is 1. The molecule has 1 unspecified atom stereocenters. The van der Waals surface area contributed by atoms with Crippen molar-refractivity contribution >= 4 is 5.97 Å². The molecular weight excluding hydrogens is 192 g/mol. The third kappa shape index (κ3) is 2.57. The standard InChI is InChI=1S/C12H16O3/c1-9(2)8-12(15,11(13)14)10-6-4-3-5-7-10/h3-7,9,15H,8H2,1-2H3,(H,13,14). The van der Waals surface area contributed by atoms with Gasteiger partial charge in [0.2, 0.25) is 0 Å². The van der Waals surface area contributed by atoms with Gasteiger partial charge in [-0.05, 0) is 17.9 Å². The van der Waals surface area contributed by atoms with Gasteiger partial charge < -0.3 is 10.2 Å². The Hall–Kier alpha value is -1.35. The van der Waals surface area contributed by atoms with E-state index in [1.165, 1.54) is 0 Å². The molecule has 3 nitrogen and oxygen atoms in total. The van der Waals surface area contributed by atoms with Crippen molar-refractivity contribution in [2.24, 2.45) is 5.92 Å². The molecule has 1 rings (SSSR count). The van der Waals surface area contributed by atoms with E-state index < -0.39 is 11.6 Å². The minimum atomic E-state index is -1.77. The molecule has 82 valence electrons. The van der Waals surface area contributed by atoms with Gasteiger partial charge in [0.05, 0.1) is 0 Å². The smallest absolute Gasteiger partial charge is 0.340 e. The summed E-state index contributed by atoms with van der Waals surface area (Å²) in [6.45, 7) is 3.77. The summed E-state index contributed by atoms with van der Waals surface area (Å²) in [4.78, 5) is 11.1. The second-order valence-electron chi connectivity index (χ2n) is 4.13. The van der Waals surface area contributed by atoms with Gasteiger partial charge in [0, 0.05) is 0 Å². The lowest BCUT2D eigenvalue weighted by molar-refractivity contribution is -0.161. The van der Waals surface area contributed by atoms with Gasteiger partial charge >= 0.3 is 5.97 Å². The predicted octanol–water partition coefficient (Wildman–Crippen LogP) is 2.00. The molecule has 15 heavy (non-hydrogen) atoms. The van der Waals surface area contributed by atoms with Crippen molar-refractivity contribution in [2.75, 3.05) is 0 Å². The Labute approximate surface area is 89.4 Å². The zero-order chi connectivity index (χ0) is 11.5. The van der Waals surface area contributed by atoms with Gasteiger partial charge in [-0.1, -0.05) is 44.2 Å². The molecule has 2 N–H and O–H groups in total. The van der Waals surface area contributed by atoms with Crippen LogP contribution in [-0.4, -0.2) is 16.2 Å². The lowest BCUT2D eigenvalue weighted by Crippen LogP contribution is -2.36. The van der Waals surface area contributed by atoms with Gasteiger partial charge in [-0.2, -0.15) is 0 Å². The van der Waals surface area contributed by atoms with Crippen molar-refractivity contribution in [3.63, 3.8) is 0 Å². The zero-order valence-electron chi connectivity index (χ0n) is 8.97. The summed E-state index contributed by atoms with van der Waals surface area (Å²) < 4.78 is 0. The molecular formula is C12H16O3. The first-order chi connectivity index (χ1) is 6.97. The van der Waals surface area contributed by atoms with Gasteiger partial charge in [0.15, 0.2) is 5.60 Å². The molecule has 0 fully saturated rings. The van der Waals surface area contributed by atoms with Crippen molar-refractivity contribution in [3.05, 3.63) is 35.9 Å². The van der Waals surface area contributed by atoms with Crippen LogP contribution < -0.4 is 0 Å². The number of hydrogen-bond acceptors (Lipinski definition) is 2. The molecule has 0 aliphatic heterocycles. The third-order valence-electron chi connectivity index (χ3n) is 2.31. The Balaban J connectivity index is 3.07. The van der Waals surface area contributed by atoms with Gasteiger partial charge in [-0.15, -0.1) is 0 Å². The largest absolute Gasteiger partial charge is 0.479 e. The molecule has 0 radical (unpaired) electrons. The van der Waals surface area contributed by atoms with E-state index in [2.05, 4.69) is 0 Å². The van der Waals surface area contributed by atoms with E-state index in [0.717, 1.165) is 0 Å². The van der Waals surface area contributed by atoms with Gasteiger partial charge in [-0.3, -0.25) is 0 Å². The molecule has 1 atom stereocenters. The molecule has 0 bridgehead atoms. The normalized spacial score (nSPS) is 14.9. The molecule has 1 aromatic rings. The maximum Gasteiger partial charge on any atom is 0.340 e. The van der Waals surface area contributed by atoms with Crippen molar-refractivity contribution in [1.82, 2.24) is 0 Å². The SMILES string of the molecule is CC(C)CC(O)(C(=O)O)c1ccccc1. The Morgan fingerprint density at radius 3 is 2.27 bits per heavy atom. The maximum absolute atomic E-state index is 11.1. The molecule has 0 saturated carbocycles. The molecule has 0 aromatic heterocycles. The van der Waals surface area contributed by atoms with Crippen molar-refractivity contribution in [1.29, 1.82) is 0 Å². The average molecular weight is 208 g/mol. The fourth-order valence-corrected chi connectivity index (χ4v) is 1.63. The number of hydrogen-bond donors (Lipinski definition) is 2. The maximum atomic E-state index is 11.1.